The highest BCUT2D eigenvalue weighted by atomic mass is 16.3. The molecule has 0 unspecified atom stereocenters. The summed E-state index contributed by atoms with van der Waals surface area (Å²) >= 11 is 0. The molecule has 0 spiro atoms. The van der Waals surface area contributed by atoms with Crippen LogP contribution in [0.2, 0.25) is 0 Å². The summed E-state index contributed by atoms with van der Waals surface area (Å²) in [5.74, 6) is 1.61. The molecule has 0 aliphatic carbocycles. The molecule has 1 aliphatic rings. The van der Waals surface area contributed by atoms with E-state index < -0.39 is 0 Å². The van der Waals surface area contributed by atoms with E-state index in [9.17, 15) is 0 Å². The van der Waals surface area contributed by atoms with Crippen LogP contribution in [0.3, 0.4) is 0 Å². The summed E-state index contributed by atoms with van der Waals surface area (Å²) in [4.78, 5) is 0. The number of benzene rings is 3. The average molecular weight is 519 g/mol. The molecule has 0 bridgehead atoms. The predicted molar refractivity (Wildman–Crippen MR) is 166 cm³/mol. The Morgan fingerprint density at radius 2 is 1.54 bits per heavy atom. The molecular formula is C37H44NO+. The minimum atomic E-state index is -0.191. The van der Waals surface area contributed by atoms with E-state index in [-0.39, 0.29) is 16.4 Å². The lowest BCUT2D eigenvalue weighted by molar-refractivity contribution is -0.736. The van der Waals surface area contributed by atoms with E-state index in [1.165, 1.54) is 60.6 Å². The van der Waals surface area contributed by atoms with Gasteiger partial charge in [-0.15, -0.1) is 0 Å². The van der Waals surface area contributed by atoms with Gasteiger partial charge in [0.1, 0.15) is 5.76 Å². The van der Waals surface area contributed by atoms with Gasteiger partial charge in [-0.3, -0.25) is 0 Å². The quantitative estimate of drug-likeness (QED) is 0.213. The number of nitrogens with zero attached hydrogens (tertiary/aromatic N) is 1. The molecule has 2 heteroatoms. The van der Waals surface area contributed by atoms with Crippen LogP contribution in [-0.4, -0.2) is 0 Å². The highest BCUT2D eigenvalue weighted by Gasteiger charge is 2.55. The summed E-state index contributed by atoms with van der Waals surface area (Å²) < 4.78 is 9.46. The molecule has 2 aromatic heterocycles. The van der Waals surface area contributed by atoms with Crippen LogP contribution in [0.4, 0.5) is 0 Å². The number of hydrogen-bond donors (Lipinski definition) is 0. The van der Waals surface area contributed by atoms with Gasteiger partial charge in [-0.1, -0.05) is 65.0 Å². The maximum absolute atomic E-state index is 6.79. The van der Waals surface area contributed by atoms with Crippen molar-refractivity contribution in [3.63, 3.8) is 0 Å². The lowest BCUT2D eigenvalue weighted by atomic mass is 9.62. The van der Waals surface area contributed by atoms with Gasteiger partial charge in [0.05, 0.1) is 21.8 Å². The first-order valence-corrected chi connectivity index (χ1v) is 14.6. The van der Waals surface area contributed by atoms with Crippen LogP contribution in [0.15, 0.2) is 52.9 Å². The fourth-order valence-corrected chi connectivity index (χ4v) is 7.25. The van der Waals surface area contributed by atoms with Crippen molar-refractivity contribution in [3.8, 4) is 11.3 Å². The molecule has 6 rings (SSSR count). The first-order chi connectivity index (χ1) is 18.1. The summed E-state index contributed by atoms with van der Waals surface area (Å²) in [6.45, 7) is 25.8. The van der Waals surface area contributed by atoms with Gasteiger partial charge in [0.25, 0.3) is 0 Å². The molecule has 0 saturated heterocycles. The molecule has 3 aromatic carbocycles. The first-order valence-electron chi connectivity index (χ1n) is 14.6. The molecule has 3 heterocycles. The molecular weight excluding hydrogens is 474 g/mol. The second-order valence-electron chi connectivity index (χ2n) is 14.5. The Morgan fingerprint density at radius 3 is 2.18 bits per heavy atom. The van der Waals surface area contributed by atoms with Crippen molar-refractivity contribution in [2.45, 2.75) is 99.0 Å². The first kappa shape index (κ1) is 26.1. The van der Waals surface area contributed by atoms with Gasteiger partial charge in [-0.2, -0.15) is 4.57 Å². The topological polar surface area (TPSA) is 17.0 Å². The van der Waals surface area contributed by atoms with Crippen molar-refractivity contribution < 1.29 is 8.98 Å². The Labute approximate surface area is 234 Å². The summed E-state index contributed by atoms with van der Waals surface area (Å²) in [6.07, 6.45) is 0.938. The Kier molecular flexibility index (Phi) is 5.49. The Morgan fingerprint density at radius 1 is 0.872 bits per heavy atom. The van der Waals surface area contributed by atoms with Crippen LogP contribution in [-0.2, 0) is 22.8 Å². The van der Waals surface area contributed by atoms with E-state index in [0.29, 0.717) is 5.92 Å². The van der Waals surface area contributed by atoms with Crippen molar-refractivity contribution in [2.75, 3.05) is 0 Å². The van der Waals surface area contributed by atoms with Gasteiger partial charge in [-0.05, 0) is 84.2 Å². The van der Waals surface area contributed by atoms with Gasteiger partial charge in [0.2, 0.25) is 11.2 Å². The third-order valence-corrected chi connectivity index (χ3v) is 9.62. The standard InChI is InChI=1S/C37H44NO/c1-21(2)16-24-19-28-33-27-20-29(35(5,6)7)25-14-12-13-15-26(25)32(27)36(8,9)37(10,11)38(33)30-18-22(3)17-23(4)31(30)34(28)39-24/h12-15,17-21H,16H2,1-11H3/q+1. The SMILES string of the molecule is Cc1cc(C)c2c3oc(CC(C)C)cc3c3[n+](c2c1)C(C)(C)C(C)(C)c1c-3cc(C(C)(C)C)c2ccccc12. The largest absolute Gasteiger partial charge is 0.460 e. The van der Waals surface area contributed by atoms with Crippen molar-refractivity contribution >= 4 is 32.6 Å². The summed E-state index contributed by atoms with van der Waals surface area (Å²) in [5.41, 5.74) is 10.1. The molecule has 2 nitrogen and oxygen atoms in total. The normalized spacial score (nSPS) is 16.3. The highest BCUT2D eigenvalue weighted by molar-refractivity contribution is 6.09. The zero-order valence-electron chi connectivity index (χ0n) is 25.8. The molecule has 0 saturated carbocycles. The molecule has 5 aromatic rings. The smallest absolute Gasteiger partial charge is 0.225 e. The molecule has 1 aliphatic heterocycles. The van der Waals surface area contributed by atoms with Gasteiger partial charge in [-0.25, -0.2) is 0 Å². The second-order valence-corrected chi connectivity index (χ2v) is 14.5. The molecule has 0 fully saturated rings. The number of hydrogen-bond acceptors (Lipinski definition) is 1. The van der Waals surface area contributed by atoms with Gasteiger partial charge < -0.3 is 4.42 Å². The third-order valence-electron chi connectivity index (χ3n) is 9.62. The Hall–Kier alpha value is -3.13. The summed E-state index contributed by atoms with van der Waals surface area (Å²) in [5, 5.41) is 5.24. The number of furan rings is 1. The van der Waals surface area contributed by atoms with Gasteiger partial charge >= 0.3 is 0 Å². The lowest BCUT2D eigenvalue weighted by Gasteiger charge is -2.44. The maximum Gasteiger partial charge on any atom is 0.225 e. The van der Waals surface area contributed by atoms with Crippen LogP contribution in [0, 0.1) is 19.8 Å². The van der Waals surface area contributed by atoms with Crippen LogP contribution in [0.5, 0.6) is 0 Å². The van der Waals surface area contributed by atoms with E-state index in [4.69, 9.17) is 4.42 Å². The summed E-state index contributed by atoms with van der Waals surface area (Å²) in [6, 6.07) is 18.6. The van der Waals surface area contributed by atoms with Crippen molar-refractivity contribution in [1.82, 2.24) is 0 Å². The van der Waals surface area contributed by atoms with Crippen LogP contribution < -0.4 is 4.57 Å². The predicted octanol–water partition coefficient (Wildman–Crippen LogP) is 9.83. The van der Waals surface area contributed by atoms with E-state index >= 15 is 0 Å². The van der Waals surface area contributed by atoms with Crippen LogP contribution in [0.25, 0.3) is 43.9 Å². The van der Waals surface area contributed by atoms with E-state index in [2.05, 4.69) is 129 Å². The fraction of sp³-hybridized carbons (Fsp3) is 0.432. The number of fused-ring (bicyclic) bond motifs is 10. The van der Waals surface area contributed by atoms with Gasteiger partial charge in [0.15, 0.2) is 11.1 Å². The Bertz CT molecular complexity index is 1800. The minimum absolute atomic E-state index is 0.0128. The minimum Gasteiger partial charge on any atom is -0.460 e. The highest BCUT2D eigenvalue weighted by Crippen LogP contribution is 2.53. The Balaban J connectivity index is 1.93. The van der Waals surface area contributed by atoms with Crippen molar-refractivity contribution in [2.24, 2.45) is 5.92 Å². The van der Waals surface area contributed by atoms with Crippen molar-refractivity contribution in [1.29, 1.82) is 0 Å². The zero-order valence-corrected chi connectivity index (χ0v) is 25.8. The number of aromatic nitrogens is 1. The van der Waals surface area contributed by atoms with Crippen LogP contribution >= 0.6 is 0 Å². The number of aryl methyl sites for hydroxylation is 2. The summed E-state index contributed by atoms with van der Waals surface area (Å²) in [7, 11) is 0. The number of pyridine rings is 1. The lowest BCUT2D eigenvalue weighted by Crippen LogP contribution is -2.66. The van der Waals surface area contributed by atoms with E-state index in [1.54, 1.807) is 0 Å². The monoisotopic (exact) mass is 518 g/mol. The molecule has 202 valence electrons. The van der Waals surface area contributed by atoms with Crippen LogP contribution in [0.1, 0.15) is 90.3 Å². The third kappa shape index (κ3) is 3.56. The molecule has 0 amide bonds. The second kappa shape index (κ2) is 8.19. The van der Waals surface area contributed by atoms with E-state index in [1.807, 2.05) is 0 Å². The molecule has 39 heavy (non-hydrogen) atoms. The molecule has 0 N–H and O–H groups in total. The van der Waals surface area contributed by atoms with Crippen molar-refractivity contribution in [3.05, 3.63) is 76.5 Å². The fourth-order valence-electron chi connectivity index (χ4n) is 7.25. The number of rotatable bonds is 2. The average Bonchev–Trinajstić information content (AvgIpc) is 3.22. The molecule has 0 atom stereocenters. The molecule has 0 radical (unpaired) electrons. The van der Waals surface area contributed by atoms with E-state index in [0.717, 1.165) is 17.8 Å². The van der Waals surface area contributed by atoms with Gasteiger partial charge in [0, 0.05) is 26.3 Å². The zero-order chi connectivity index (χ0) is 28.2. The maximum atomic E-state index is 6.79.